The SMILES string of the molecule is COCCn1nc(C)c(-c2c(Cl)ccc3c2c(C)c(C(=O)OC)n3CCCOc2cc(C)cc3ccccc23)c1CO. The number of methoxy groups -OCH3 is 2. The first kappa shape index (κ1) is 29.6. The summed E-state index contributed by atoms with van der Waals surface area (Å²) in [6.07, 6.45) is 0.656. The van der Waals surface area contributed by atoms with Gasteiger partial charge in [0.25, 0.3) is 0 Å². The molecule has 2 heterocycles. The lowest BCUT2D eigenvalue weighted by molar-refractivity contribution is 0.0587. The molecule has 0 radical (unpaired) electrons. The Balaban J connectivity index is 1.54. The fraction of sp³-hybridized carbons (Fsp3) is 0.333. The van der Waals surface area contributed by atoms with Gasteiger partial charge >= 0.3 is 5.97 Å². The fourth-order valence-electron chi connectivity index (χ4n) is 5.87. The summed E-state index contributed by atoms with van der Waals surface area (Å²) in [6.45, 7) is 7.58. The highest BCUT2D eigenvalue weighted by Crippen LogP contribution is 2.42. The minimum Gasteiger partial charge on any atom is -0.493 e. The summed E-state index contributed by atoms with van der Waals surface area (Å²) in [6, 6.07) is 16.1. The van der Waals surface area contributed by atoms with E-state index >= 15 is 0 Å². The van der Waals surface area contributed by atoms with Gasteiger partial charge in [-0.3, -0.25) is 4.68 Å². The molecule has 42 heavy (non-hydrogen) atoms. The Morgan fingerprint density at radius 1 is 1.00 bits per heavy atom. The predicted molar refractivity (Wildman–Crippen MR) is 166 cm³/mol. The standard InChI is InChI=1S/C33H36ClN3O5/c1-20-17-23-9-6-7-10-24(23)28(18-20)42-15-8-13-36-26-12-11-25(34)31(29(26)21(2)32(36)33(39)41-5)30-22(3)35-37(14-16-40-4)27(30)19-38/h6-7,9-12,17-18,38H,8,13-16,19H2,1-5H3. The predicted octanol–water partition coefficient (Wildman–Crippen LogP) is 6.63. The van der Waals surface area contributed by atoms with Crippen LogP contribution in [0.3, 0.4) is 0 Å². The molecule has 0 spiro atoms. The molecule has 0 fully saturated rings. The maximum absolute atomic E-state index is 13.1. The second kappa shape index (κ2) is 12.6. The van der Waals surface area contributed by atoms with Gasteiger partial charge in [-0.15, -0.1) is 0 Å². The van der Waals surface area contributed by atoms with Crippen molar-refractivity contribution in [3.63, 3.8) is 0 Å². The van der Waals surface area contributed by atoms with E-state index in [1.807, 2.05) is 42.7 Å². The average Bonchev–Trinajstić information content (AvgIpc) is 3.45. The lowest BCUT2D eigenvalue weighted by Gasteiger charge is -2.13. The molecule has 1 N–H and O–H groups in total. The number of aliphatic hydroxyl groups is 1. The number of fused-ring (bicyclic) bond motifs is 2. The maximum atomic E-state index is 13.1. The molecule has 3 aromatic carbocycles. The molecule has 0 atom stereocenters. The van der Waals surface area contributed by atoms with E-state index in [2.05, 4.69) is 36.3 Å². The molecule has 5 aromatic rings. The van der Waals surface area contributed by atoms with Crippen LogP contribution in [0.2, 0.25) is 5.02 Å². The van der Waals surface area contributed by atoms with Crippen LogP contribution in [-0.4, -0.2) is 52.9 Å². The zero-order valence-electron chi connectivity index (χ0n) is 24.7. The molecule has 8 nitrogen and oxygen atoms in total. The minimum atomic E-state index is -0.425. The first-order valence-corrected chi connectivity index (χ1v) is 14.4. The molecule has 0 amide bonds. The number of halogens is 1. The van der Waals surface area contributed by atoms with Crippen LogP contribution in [-0.2, 0) is 29.2 Å². The molecule has 0 bridgehead atoms. The monoisotopic (exact) mass is 589 g/mol. The molecular weight excluding hydrogens is 554 g/mol. The summed E-state index contributed by atoms with van der Waals surface area (Å²) in [4.78, 5) is 13.1. The molecule has 5 rings (SSSR count). The highest BCUT2D eigenvalue weighted by molar-refractivity contribution is 6.35. The van der Waals surface area contributed by atoms with Crippen molar-refractivity contribution in [1.82, 2.24) is 14.3 Å². The maximum Gasteiger partial charge on any atom is 0.354 e. The number of nitrogens with zero attached hydrogens (tertiary/aromatic N) is 3. The smallest absolute Gasteiger partial charge is 0.354 e. The topological polar surface area (TPSA) is 87.7 Å². The van der Waals surface area contributed by atoms with E-state index in [1.165, 1.54) is 7.11 Å². The van der Waals surface area contributed by atoms with Crippen molar-refractivity contribution in [2.75, 3.05) is 27.4 Å². The van der Waals surface area contributed by atoms with Crippen molar-refractivity contribution < 1.29 is 24.1 Å². The highest BCUT2D eigenvalue weighted by atomic mass is 35.5. The Labute approximate surface area is 250 Å². The van der Waals surface area contributed by atoms with E-state index in [0.717, 1.165) is 55.4 Å². The van der Waals surface area contributed by atoms with Crippen molar-refractivity contribution in [2.45, 2.75) is 46.9 Å². The van der Waals surface area contributed by atoms with Gasteiger partial charge in [0.15, 0.2) is 0 Å². The van der Waals surface area contributed by atoms with E-state index in [-0.39, 0.29) is 6.61 Å². The van der Waals surface area contributed by atoms with Gasteiger partial charge in [0.1, 0.15) is 11.4 Å². The van der Waals surface area contributed by atoms with Gasteiger partial charge in [-0.05, 0) is 61.9 Å². The number of rotatable bonds is 11. The zero-order valence-corrected chi connectivity index (χ0v) is 25.4. The van der Waals surface area contributed by atoms with Crippen molar-refractivity contribution in [2.24, 2.45) is 0 Å². The van der Waals surface area contributed by atoms with Crippen molar-refractivity contribution in [1.29, 1.82) is 0 Å². The van der Waals surface area contributed by atoms with Crippen LogP contribution in [0, 0.1) is 20.8 Å². The zero-order chi connectivity index (χ0) is 30.0. The van der Waals surface area contributed by atoms with Gasteiger partial charge < -0.3 is 23.9 Å². The van der Waals surface area contributed by atoms with Gasteiger partial charge in [-0.2, -0.15) is 5.10 Å². The summed E-state index contributed by atoms with van der Waals surface area (Å²) in [7, 11) is 3.01. The number of esters is 1. The molecule has 0 aliphatic heterocycles. The second-order valence-corrected chi connectivity index (χ2v) is 10.8. The summed E-state index contributed by atoms with van der Waals surface area (Å²) in [5.41, 5.74) is 6.08. The molecule has 220 valence electrons. The van der Waals surface area contributed by atoms with Gasteiger partial charge in [0.05, 0.1) is 44.9 Å². The number of carbonyl (C=O) groups is 1. The summed E-state index contributed by atoms with van der Waals surface area (Å²) in [5.74, 6) is 0.421. The van der Waals surface area contributed by atoms with E-state index < -0.39 is 5.97 Å². The van der Waals surface area contributed by atoms with Gasteiger partial charge in [-0.25, -0.2) is 4.79 Å². The molecule has 0 unspecified atom stereocenters. The van der Waals surface area contributed by atoms with Crippen LogP contribution >= 0.6 is 11.6 Å². The number of hydrogen-bond donors (Lipinski definition) is 1. The average molecular weight is 590 g/mol. The van der Waals surface area contributed by atoms with Crippen LogP contribution in [0.15, 0.2) is 48.5 Å². The number of aryl methyl sites for hydroxylation is 4. The van der Waals surface area contributed by atoms with E-state index in [4.69, 9.17) is 25.8 Å². The van der Waals surface area contributed by atoms with Crippen LogP contribution < -0.4 is 4.74 Å². The molecular formula is C33H36ClN3O5. The molecule has 0 aliphatic rings. The Morgan fingerprint density at radius 2 is 1.79 bits per heavy atom. The normalized spacial score (nSPS) is 11.5. The van der Waals surface area contributed by atoms with Gasteiger partial charge in [0, 0.05) is 46.1 Å². The lowest BCUT2D eigenvalue weighted by Crippen LogP contribution is -2.13. The van der Waals surface area contributed by atoms with Crippen LogP contribution in [0.1, 0.15) is 39.4 Å². The first-order valence-electron chi connectivity index (χ1n) is 14.0. The first-order chi connectivity index (χ1) is 20.3. The van der Waals surface area contributed by atoms with Crippen LogP contribution in [0.25, 0.3) is 32.8 Å². The Bertz CT molecular complexity index is 1770. The number of aliphatic hydroxyl groups excluding tert-OH is 1. The van der Waals surface area contributed by atoms with Crippen LogP contribution in [0.5, 0.6) is 5.75 Å². The van der Waals surface area contributed by atoms with Crippen molar-refractivity contribution in [3.8, 4) is 16.9 Å². The van der Waals surface area contributed by atoms with Crippen LogP contribution in [0.4, 0.5) is 0 Å². The Kier molecular flexibility index (Phi) is 8.87. The Morgan fingerprint density at radius 3 is 2.52 bits per heavy atom. The van der Waals surface area contributed by atoms with E-state index in [9.17, 15) is 9.90 Å². The van der Waals surface area contributed by atoms with Crippen molar-refractivity contribution in [3.05, 3.63) is 81.8 Å². The number of benzene rings is 3. The molecule has 0 saturated carbocycles. The Hall–Kier alpha value is -3.85. The molecule has 9 heteroatoms. The third-order valence-corrected chi connectivity index (χ3v) is 8.01. The van der Waals surface area contributed by atoms with Gasteiger partial charge in [-0.1, -0.05) is 41.9 Å². The van der Waals surface area contributed by atoms with Gasteiger partial charge in [0.2, 0.25) is 0 Å². The number of carbonyl (C=O) groups excluding carboxylic acids is 1. The number of ether oxygens (including phenoxy) is 3. The quantitative estimate of drug-likeness (QED) is 0.137. The fourth-order valence-corrected chi connectivity index (χ4v) is 6.12. The molecule has 2 aromatic heterocycles. The van der Waals surface area contributed by atoms with Crippen molar-refractivity contribution >= 4 is 39.2 Å². The number of aromatic nitrogens is 3. The summed E-state index contributed by atoms with van der Waals surface area (Å²) < 4.78 is 20.5. The molecule has 0 aliphatic carbocycles. The third-order valence-electron chi connectivity index (χ3n) is 7.69. The largest absolute Gasteiger partial charge is 0.493 e. The highest BCUT2D eigenvalue weighted by Gasteiger charge is 2.27. The minimum absolute atomic E-state index is 0.221. The lowest BCUT2D eigenvalue weighted by atomic mass is 9.97. The third kappa shape index (κ3) is 5.38. The van der Waals surface area contributed by atoms with E-state index in [1.54, 1.807) is 11.8 Å². The molecule has 0 saturated heterocycles. The summed E-state index contributed by atoms with van der Waals surface area (Å²) in [5, 5.41) is 18.6. The summed E-state index contributed by atoms with van der Waals surface area (Å²) >= 11 is 6.87. The second-order valence-electron chi connectivity index (χ2n) is 10.4. The number of hydrogen-bond acceptors (Lipinski definition) is 6. The van der Waals surface area contributed by atoms with E-state index in [0.29, 0.717) is 49.1 Å².